The summed E-state index contributed by atoms with van der Waals surface area (Å²) in [5.41, 5.74) is 2.69. The van der Waals surface area contributed by atoms with E-state index in [-0.39, 0.29) is 17.7 Å². The summed E-state index contributed by atoms with van der Waals surface area (Å²) in [6.07, 6.45) is 6.10. The molecule has 1 aliphatic carbocycles. The number of hydrogen-bond donors (Lipinski definition) is 2. The van der Waals surface area contributed by atoms with E-state index in [1.165, 1.54) is 0 Å². The molecule has 4 nitrogen and oxygen atoms in total. The second kappa shape index (κ2) is 7.62. The molecule has 0 spiro atoms. The maximum atomic E-state index is 12.6. The summed E-state index contributed by atoms with van der Waals surface area (Å²) < 4.78 is 0. The van der Waals surface area contributed by atoms with Gasteiger partial charge in [0.25, 0.3) is 0 Å². The molecular weight excluding hydrogens is 290 g/mol. The van der Waals surface area contributed by atoms with Gasteiger partial charge in [-0.05, 0) is 42.7 Å². The van der Waals surface area contributed by atoms with Crippen LogP contribution >= 0.6 is 0 Å². The molecular formula is C19H27NO3. The van der Waals surface area contributed by atoms with E-state index in [9.17, 15) is 14.7 Å². The van der Waals surface area contributed by atoms with Crippen LogP contribution in [-0.4, -0.2) is 17.0 Å². The number of carbonyl (C=O) groups excluding carboxylic acids is 1. The van der Waals surface area contributed by atoms with Crippen LogP contribution in [0.25, 0.3) is 0 Å². The van der Waals surface area contributed by atoms with E-state index in [0.717, 1.165) is 55.3 Å². The molecule has 23 heavy (non-hydrogen) atoms. The molecule has 0 unspecified atom stereocenters. The fraction of sp³-hybridized carbons (Fsp3) is 0.579. The molecule has 1 aliphatic rings. The van der Waals surface area contributed by atoms with Crippen molar-refractivity contribution in [3.05, 3.63) is 29.3 Å². The van der Waals surface area contributed by atoms with E-state index in [1.807, 2.05) is 25.1 Å². The van der Waals surface area contributed by atoms with Gasteiger partial charge in [0.1, 0.15) is 0 Å². The third-order valence-corrected chi connectivity index (χ3v) is 4.98. The zero-order chi connectivity index (χ0) is 16.9. The van der Waals surface area contributed by atoms with E-state index in [1.54, 1.807) is 0 Å². The summed E-state index contributed by atoms with van der Waals surface area (Å²) in [5, 5.41) is 12.3. The van der Waals surface area contributed by atoms with E-state index in [0.29, 0.717) is 6.42 Å². The Morgan fingerprint density at radius 1 is 1.17 bits per heavy atom. The highest BCUT2D eigenvalue weighted by Gasteiger charge is 2.36. The van der Waals surface area contributed by atoms with Crippen LogP contribution in [0.5, 0.6) is 0 Å². The number of aryl methyl sites for hydroxylation is 2. The van der Waals surface area contributed by atoms with Gasteiger partial charge in [-0.3, -0.25) is 9.59 Å². The maximum Gasteiger partial charge on any atom is 0.303 e. The second-order valence-electron chi connectivity index (χ2n) is 6.82. The fourth-order valence-electron chi connectivity index (χ4n) is 3.76. The van der Waals surface area contributed by atoms with E-state index in [2.05, 4.69) is 12.2 Å². The molecule has 1 aromatic carbocycles. The van der Waals surface area contributed by atoms with Crippen molar-refractivity contribution >= 4 is 17.6 Å². The normalized spacial score (nSPS) is 16.8. The molecule has 4 heteroatoms. The maximum absolute atomic E-state index is 12.6. The molecule has 1 saturated carbocycles. The molecule has 2 N–H and O–H groups in total. The average Bonchev–Trinajstić information content (AvgIpc) is 2.49. The van der Waals surface area contributed by atoms with Gasteiger partial charge in [0, 0.05) is 12.1 Å². The average molecular weight is 317 g/mol. The highest BCUT2D eigenvalue weighted by Crippen LogP contribution is 2.42. The minimum absolute atomic E-state index is 0.0582. The van der Waals surface area contributed by atoms with Crippen molar-refractivity contribution in [1.29, 1.82) is 0 Å². The highest BCUT2D eigenvalue weighted by molar-refractivity contribution is 5.93. The number of benzene rings is 1. The molecule has 0 radical (unpaired) electrons. The summed E-state index contributed by atoms with van der Waals surface area (Å²) >= 11 is 0. The van der Waals surface area contributed by atoms with Gasteiger partial charge in [-0.2, -0.15) is 0 Å². The number of carboxylic acids is 1. The first-order valence-electron chi connectivity index (χ1n) is 8.56. The summed E-state index contributed by atoms with van der Waals surface area (Å²) in [7, 11) is 0. The Morgan fingerprint density at radius 2 is 1.87 bits per heavy atom. The van der Waals surface area contributed by atoms with Crippen LogP contribution in [0.1, 0.15) is 63.0 Å². The Kier molecular flexibility index (Phi) is 5.80. The number of amides is 1. The van der Waals surface area contributed by atoms with Crippen molar-refractivity contribution in [3.8, 4) is 0 Å². The second-order valence-corrected chi connectivity index (χ2v) is 6.82. The summed E-state index contributed by atoms with van der Waals surface area (Å²) in [4.78, 5) is 23.8. The Labute approximate surface area is 138 Å². The van der Waals surface area contributed by atoms with Gasteiger partial charge >= 0.3 is 5.97 Å². The molecule has 1 fully saturated rings. The Hall–Kier alpha value is -1.84. The minimum atomic E-state index is -0.801. The number of rotatable bonds is 6. The summed E-state index contributed by atoms with van der Waals surface area (Å²) in [6, 6.07) is 6.01. The van der Waals surface area contributed by atoms with Crippen molar-refractivity contribution < 1.29 is 14.7 Å². The van der Waals surface area contributed by atoms with Gasteiger partial charge in [0.15, 0.2) is 0 Å². The van der Waals surface area contributed by atoms with Gasteiger partial charge in [-0.15, -0.1) is 0 Å². The summed E-state index contributed by atoms with van der Waals surface area (Å²) in [5.74, 6) is -0.859. The molecule has 126 valence electrons. The lowest BCUT2D eigenvalue weighted by molar-refractivity contribution is -0.140. The third-order valence-electron chi connectivity index (χ3n) is 4.98. The Bertz CT molecular complexity index is 574. The van der Waals surface area contributed by atoms with E-state index < -0.39 is 5.97 Å². The number of aliphatic carboxylic acids is 1. The molecule has 1 aromatic rings. The topological polar surface area (TPSA) is 66.4 Å². The van der Waals surface area contributed by atoms with Crippen molar-refractivity contribution in [2.45, 2.75) is 65.2 Å². The Morgan fingerprint density at radius 3 is 2.48 bits per heavy atom. The van der Waals surface area contributed by atoms with Gasteiger partial charge in [0.05, 0.1) is 6.42 Å². The van der Waals surface area contributed by atoms with Gasteiger partial charge < -0.3 is 10.4 Å². The van der Waals surface area contributed by atoms with Crippen molar-refractivity contribution in [3.63, 3.8) is 0 Å². The molecule has 1 amide bonds. The lowest BCUT2D eigenvalue weighted by Crippen LogP contribution is -2.32. The van der Waals surface area contributed by atoms with Crippen molar-refractivity contribution in [2.24, 2.45) is 5.41 Å². The first-order chi connectivity index (χ1) is 11.0. The highest BCUT2D eigenvalue weighted by atomic mass is 16.4. The molecule has 0 heterocycles. The standard InChI is InChI=1S/C19H27NO3/c1-3-15-9-7-8-14(2)18(15)20-16(21)12-19(13-17(22)23)10-5-4-6-11-19/h7-9H,3-6,10-13H2,1-2H3,(H,20,21)(H,22,23). The largest absolute Gasteiger partial charge is 0.481 e. The third kappa shape index (κ3) is 4.57. The minimum Gasteiger partial charge on any atom is -0.481 e. The van der Waals surface area contributed by atoms with Crippen LogP contribution in [-0.2, 0) is 16.0 Å². The zero-order valence-electron chi connectivity index (χ0n) is 14.2. The van der Waals surface area contributed by atoms with Crippen molar-refractivity contribution in [1.82, 2.24) is 0 Å². The van der Waals surface area contributed by atoms with Crippen LogP contribution in [0, 0.1) is 12.3 Å². The monoisotopic (exact) mass is 317 g/mol. The molecule has 0 aromatic heterocycles. The zero-order valence-corrected chi connectivity index (χ0v) is 14.2. The van der Waals surface area contributed by atoms with E-state index in [4.69, 9.17) is 0 Å². The first kappa shape index (κ1) is 17.5. The molecule has 0 bridgehead atoms. The Balaban J connectivity index is 2.12. The number of para-hydroxylation sites is 1. The SMILES string of the molecule is CCc1cccc(C)c1NC(=O)CC1(CC(=O)O)CCCCC1. The van der Waals surface area contributed by atoms with Gasteiger partial charge in [-0.25, -0.2) is 0 Å². The first-order valence-corrected chi connectivity index (χ1v) is 8.56. The number of nitrogens with one attached hydrogen (secondary N) is 1. The van der Waals surface area contributed by atoms with Crippen LogP contribution in [0.4, 0.5) is 5.69 Å². The number of carboxylic acid groups (broad SMARTS) is 1. The van der Waals surface area contributed by atoms with Gasteiger partial charge in [-0.1, -0.05) is 44.4 Å². The fourth-order valence-corrected chi connectivity index (χ4v) is 3.76. The van der Waals surface area contributed by atoms with Crippen LogP contribution in [0.15, 0.2) is 18.2 Å². The molecule has 0 aliphatic heterocycles. The quantitative estimate of drug-likeness (QED) is 0.821. The lowest BCUT2D eigenvalue weighted by atomic mass is 9.69. The number of carbonyl (C=O) groups is 2. The van der Waals surface area contributed by atoms with E-state index >= 15 is 0 Å². The van der Waals surface area contributed by atoms with Crippen LogP contribution in [0.3, 0.4) is 0 Å². The summed E-state index contributed by atoms with van der Waals surface area (Å²) in [6.45, 7) is 4.06. The van der Waals surface area contributed by atoms with Gasteiger partial charge in [0.2, 0.25) is 5.91 Å². The van der Waals surface area contributed by atoms with Crippen LogP contribution in [0.2, 0.25) is 0 Å². The number of anilines is 1. The smallest absolute Gasteiger partial charge is 0.303 e. The predicted octanol–water partition coefficient (Wildman–Crippen LogP) is 4.31. The molecule has 0 saturated heterocycles. The number of hydrogen-bond acceptors (Lipinski definition) is 2. The molecule has 2 rings (SSSR count). The molecule has 0 atom stereocenters. The van der Waals surface area contributed by atoms with Crippen LogP contribution < -0.4 is 5.32 Å². The predicted molar refractivity (Wildman–Crippen MR) is 91.6 cm³/mol. The lowest BCUT2D eigenvalue weighted by Gasteiger charge is -2.35. The van der Waals surface area contributed by atoms with Crippen molar-refractivity contribution in [2.75, 3.05) is 5.32 Å².